The zero-order chi connectivity index (χ0) is 9.52. The summed E-state index contributed by atoms with van der Waals surface area (Å²) in [4.78, 5) is 1.41. The van der Waals surface area contributed by atoms with E-state index in [4.69, 9.17) is 0 Å². The Bertz CT molecular complexity index is 209. The van der Waals surface area contributed by atoms with E-state index in [9.17, 15) is 0 Å². The summed E-state index contributed by atoms with van der Waals surface area (Å²) in [6, 6.07) is 4.82. The number of rotatable bonds is 6. The van der Waals surface area contributed by atoms with Crippen molar-refractivity contribution in [3.8, 4) is 0 Å². The van der Waals surface area contributed by atoms with E-state index in [0.29, 0.717) is 6.04 Å². The van der Waals surface area contributed by atoms with Crippen molar-refractivity contribution in [1.82, 2.24) is 10.6 Å². The number of hydrogen-bond acceptors (Lipinski definition) is 3. The maximum Gasteiger partial charge on any atom is 0.0300 e. The van der Waals surface area contributed by atoms with Crippen molar-refractivity contribution in [3.05, 3.63) is 22.4 Å². The number of nitrogens with one attached hydrogen (secondary N) is 2. The number of hydrogen-bond donors (Lipinski definition) is 2. The minimum atomic E-state index is 0.560. The van der Waals surface area contributed by atoms with Crippen LogP contribution in [-0.4, -0.2) is 19.1 Å². The van der Waals surface area contributed by atoms with Crippen LogP contribution in [0.4, 0.5) is 0 Å². The fourth-order valence-electron chi connectivity index (χ4n) is 1.25. The van der Waals surface area contributed by atoms with Gasteiger partial charge in [0.2, 0.25) is 0 Å². The van der Waals surface area contributed by atoms with Gasteiger partial charge in [-0.15, -0.1) is 11.3 Å². The molecule has 1 unspecified atom stereocenters. The highest BCUT2D eigenvalue weighted by atomic mass is 32.1. The van der Waals surface area contributed by atoms with Crippen molar-refractivity contribution >= 4 is 11.3 Å². The first-order chi connectivity index (χ1) is 6.33. The van der Waals surface area contributed by atoms with Gasteiger partial charge in [-0.3, -0.25) is 0 Å². The SMILES string of the molecule is CCNC(C)CNCc1cccs1. The standard InChI is InChI=1S/C10H18N2S/c1-3-12-9(2)7-11-8-10-5-4-6-13-10/h4-6,9,11-12H,3,7-8H2,1-2H3. The molecule has 3 heteroatoms. The predicted molar refractivity (Wildman–Crippen MR) is 59.2 cm³/mol. The first-order valence-electron chi connectivity index (χ1n) is 4.79. The molecule has 0 aliphatic carbocycles. The first kappa shape index (κ1) is 10.7. The Kier molecular flexibility index (Phi) is 5.05. The van der Waals surface area contributed by atoms with E-state index in [1.54, 1.807) is 11.3 Å². The monoisotopic (exact) mass is 198 g/mol. The van der Waals surface area contributed by atoms with E-state index in [2.05, 4.69) is 42.0 Å². The zero-order valence-electron chi connectivity index (χ0n) is 8.34. The smallest absolute Gasteiger partial charge is 0.0300 e. The molecule has 2 N–H and O–H groups in total. The summed E-state index contributed by atoms with van der Waals surface area (Å²) in [5, 5.41) is 8.90. The fourth-order valence-corrected chi connectivity index (χ4v) is 1.92. The molecular formula is C10H18N2S. The highest BCUT2D eigenvalue weighted by Crippen LogP contribution is 2.06. The van der Waals surface area contributed by atoms with Crippen molar-refractivity contribution in [3.63, 3.8) is 0 Å². The lowest BCUT2D eigenvalue weighted by molar-refractivity contribution is 0.516. The van der Waals surface area contributed by atoms with Crippen LogP contribution in [0.5, 0.6) is 0 Å². The van der Waals surface area contributed by atoms with Crippen molar-refractivity contribution in [2.45, 2.75) is 26.4 Å². The van der Waals surface area contributed by atoms with Gasteiger partial charge in [0.15, 0.2) is 0 Å². The molecule has 74 valence electrons. The van der Waals surface area contributed by atoms with E-state index in [1.807, 2.05) is 0 Å². The molecule has 0 saturated heterocycles. The van der Waals surface area contributed by atoms with Crippen LogP contribution in [0.25, 0.3) is 0 Å². The highest BCUT2D eigenvalue weighted by molar-refractivity contribution is 7.09. The van der Waals surface area contributed by atoms with Crippen molar-refractivity contribution in [2.75, 3.05) is 13.1 Å². The minimum Gasteiger partial charge on any atom is -0.313 e. The Morgan fingerprint density at radius 2 is 2.38 bits per heavy atom. The van der Waals surface area contributed by atoms with Gasteiger partial charge >= 0.3 is 0 Å². The molecule has 0 saturated carbocycles. The zero-order valence-corrected chi connectivity index (χ0v) is 9.16. The van der Waals surface area contributed by atoms with Gasteiger partial charge in [-0.05, 0) is 24.9 Å². The van der Waals surface area contributed by atoms with Crippen LogP contribution in [-0.2, 0) is 6.54 Å². The second-order valence-electron chi connectivity index (χ2n) is 3.17. The molecule has 1 aromatic heterocycles. The predicted octanol–water partition coefficient (Wildman–Crippen LogP) is 1.84. The largest absolute Gasteiger partial charge is 0.313 e. The summed E-state index contributed by atoms with van der Waals surface area (Å²) in [7, 11) is 0. The normalized spacial score (nSPS) is 13.1. The summed E-state index contributed by atoms with van der Waals surface area (Å²) in [6.45, 7) is 7.40. The summed E-state index contributed by atoms with van der Waals surface area (Å²) < 4.78 is 0. The van der Waals surface area contributed by atoms with Gasteiger partial charge < -0.3 is 10.6 Å². The van der Waals surface area contributed by atoms with Crippen molar-refractivity contribution in [2.24, 2.45) is 0 Å². The quantitative estimate of drug-likeness (QED) is 0.729. The second kappa shape index (κ2) is 6.13. The van der Waals surface area contributed by atoms with Crippen molar-refractivity contribution < 1.29 is 0 Å². The molecule has 0 radical (unpaired) electrons. The molecule has 0 aliphatic rings. The van der Waals surface area contributed by atoms with Crippen LogP contribution in [0.3, 0.4) is 0 Å². The molecule has 2 nitrogen and oxygen atoms in total. The van der Waals surface area contributed by atoms with Gasteiger partial charge in [0, 0.05) is 24.0 Å². The van der Waals surface area contributed by atoms with Crippen LogP contribution < -0.4 is 10.6 Å². The highest BCUT2D eigenvalue weighted by Gasteiger charge is 1.98. The second-order valence-corrected chi connectivity index (χ2v) is 4.20. The topological polar surface area (TPSA) is 24.1 Å². The summed E-state index contributed by atoms with van der Waals surface area (Å²) in [5.41, 5.74) is 0. The molecule has 13 heavy (non-hydrogen) atoms. The Balaban J connectivity index is 2.07. The van der Waals surface area contributed by atoms with Crippen LogP contribution in [0.1, 0.15) is 18.7 Å². The van der Waals surface area contributed by atoms with Gasteiger partial charge in [-0.2, -0.15) is 0 Å². The molecule has 0 bridgehead atoms. The molecular weight excluding hydrogens is 180 g/mol. The lowest BCUT2D eigenvalue weighted by Crippen LogP contribution is -2.35. The van der Waals surface area contributed by atoms with Gasteiger partial charge in [-0.25, -0.2) is 0 Å². The summed E-state index contributed by atoms with van der Waals surface area (Å²) in [6.07, 6.45) is 0. The van der Waals surface area contributed by atoms with Gasteiger partial charge in [0.05, 0.1) is 0 Å². The lowest BCUT2D eigenvalue weighted by atomic mass is 10.3. The Labute approximate surface area is 84.4 Å². The molecule has 1 rings (SSSR count). The molecule has 1 heterocycles. The van der Waals surface area contributed by atoms with Gasteiger partial charge in [0.25, 0.3) is 0 Å². The molecule has 0 aliphatic heterocycles. The van der Waals surface area contributed by atoms with Gasteiger partial charge in [-0.1, -0.05) is 13.0 Å². The molecule has 0 spiro atoms. The summed E-state index contributed by atoms with van der Waals surface area (Å²) in [5.74, 6) is 0. The Morgan fingerprint density at radius 1 is 1.54 bits per heavy atom. The number of thiophene rings is 1. The molecule has 1 aromatic rings. The van der Waals surface area contributed by atoms with Crippen molar-refractivity contribution in [1.29, 1.82) is 0 Å². The van der Waals surface area contributed by atoms with E-state index >= 15 is 0 Å². The maximum atomic E-state index is 3.42. The molecule has 1 atom stereocenters. The third-order valence-corrected chi connectivity index (χ3v) is 2.76. The molecule has 0 aromatic carbocycles. The van der Waals surface area contributed by atoms with E-state index < -0.39 is 0 Å². The first-order valence-corrected chi connectivity index (χ1v) is 5.67. The fraction of sp³-hybridized carbons (Fsp3) is 0.600. The van der Waals surface area contributed by atoms with Crippen LogP contribution in [0, 0.1) is 0 Å². The Hall–Kier alpha value is -0.380. The van der Waals surface area contributed by atoms with E-state index in [-0.39, 0.29) is 0 Å². The lowest BCUT2D eigenvalue weighted by Gasteiger charge is -2.12. The van der Waals surface area contributed by atoms with Crippen LogP contribution >= 0.6 is 11.3 Å². The number of likely N-dealkylation sites (N-methyl/N-ethyl adjacent to an activating group) is 1. The Morgan fingerprint density at radius 3 is 3.00 bits per heavy atom. The maximum absolute atomic E-state index is 3.42. The minimum absolute atomic E-state index is 0.560. The summed E-state index contributed by atoms with van der Waals surface area (Å²) >= 11 is 1.81. The van der Waals surface area contributed by atoms with E-state index in [0.717, 1.165) is 19.6 Å². The molecule has 0 amide bonds. The molecule has 0 fully saturated rings. The van der Waals surface area contributed by atoms with Crippen LogP contribution in [0.2, 0.25) is 0 Å². The third-order valence-electron chi connectivity index (χ3n) is 1.88. The average Bonchev–Trinajstić information content (AvgIpc) is 2.57. The van der Waals surface area contributed by atoms with E-state index in [1.165, 1.54) is 4.88 Å². The third kappa shape index (κ3) is 4.41. The van der Waals surface area contributed by atoms with Gasteiger partial charge in [0.1, 0.15) is 0 Å². The van der Waals surface area contributed by atoms with Crippen LogP contribution in [0.15, 0.2) is 17.5 Å². The average molecular weight is 198 g/mol.